The molecule has 3 nitrogen and oxygen atoms in total. The molecule has 0 aliphatic carbocycles. The van der Waals surface area contributed by atoms with E-state index in [2.05, 4.69) is 55.6 Å². The number of pyridine rings is 1. The predicted molar refractivity (Wildman–Crippen MR) is 119 cm³/mol. The lowest BCUT2D eigenvalue weighted by Gasteiger charge is -2.11. The number of nitrogens with one attached hydrogen (secondary N) is 1. The zero-order chi connectivity index (χ0) is 20.2. The van der Waals surface area contributed by atoms with Crippen molar-refractivity contribution in [3.05, 3.63) is 101 Å². The number of nitrogens with zero attached hydrogens (tertiary/aromatic N) is 1. The molecule has 1 amide bonds. The van der Waals surface area contributed by atoms with E-state index in [-0.39, 0.29) is 5.91 Å². The highest BCUT2D eigenvalue weighted by Gasteiger charge is 2.13. The van der Waals surface area contributed by atoms with Crippen molar-refractivity contribution in [3.8, 4) is 0 Å². The summed E-state index contributed by atoms with van der Waals surface area (Å²) in [5.41, 5.74) is 4.98. The van der Waals surface area contributed by atoms with Crippen LogP contribution in [0.25, 0.3) is 10.9 Å². The predicted octanol–water partition coefficient (Wildman–Crippen LogP) is 5.93. The summed E-state index contributed by atoms with van der Waals surface area (Å²) in [6, 6.07) is 26.2. The van der Waals surface area contributed by atoms with Gasteiger partial charge in [-0.15, -0.1) is 0 Å². The van der Waals surface area contributed by atoms with E-state index in [1.54, 1.807) is 11.8 Å². The summed E-state index contributed by atoms with van der Waals surface area (Å²) < 4.78 is 0. The fourth-order valence-corrected chi connectivity index (χ4v) is 3.94. The maximum Gasteiger partial charge on any atom is 0.252 e. The minimum absolute atomic E-state index is 0.0880. The largest absolute Gasteiger partial charge is 0.348 e. The number of amides is 1. The van der Waals surface area contributed by atoms with Crippen molar-refractivity contribution < 1.29 is 4.79 Å². The van der Waals surface area contributed by atoms with Crippen LogP contribution in [0.2, 0.25) is 0 Å². The summed E-state index contributed by atoms with van der Waals surface area (Å²) in [4.78, 5) is 18.8. The molecular weight excluding hydrogens is 376 g/mol. The number of hydrogen-bond donors (Lipinski definition) is 1. The minimum Gasteiger partial charge on any atom is -0.348 e. The number of carbonyl (C=O) groups is 1. The van der Waals surface area contributed by atoms with Gasteiger partial charge < -0.3 is 5.32 Å². The molecule has 0 saturated carbocycles. The van der Waals surface area contributed by atoms with Crippen LogP contribution in [-0.4, -0.2) is 10.9 Å². The van der Waals surface area contributed by atoms with E-state index in [9.17, 15) is 4.79 Å². The molecule has 0 spiro atoms. The second-order valence-electron chi connectivity index (χ2n) is 7.11. The van der Waals surface area contributed by atoms with Gasteiger partial charge in [0.25, 0.3) is 5.91 Å². The molecule has 0 atom stereocenters. The van der Waals surface area contributed by atoms with Crippen molar-refractivity contribution in [3.63, 3.8) is 0 Å². The summed E-state index contributed by atoms with van der Waals surface area (Å²) in [5.74, 6) is -0.0880. The highest BCUT2D eigenvalue weighted by molar-refractivity contribution is 7.99. The lowest BCUT2D eigenvalue weighted by molar-refractivity contribution is 0.0952. The van der Waals surface area contributed by atoms with Crippen LogP contribution in [0.15, 0.2) is 88.8 Å². The van der Waals surface area contributed by atoms with Crippen LogP contribution in [0.1, 0.15) is 27.0 Å². The lowest BCUT2D eigenvalue weighted by atomic mass is 10.1. The Morgan fingerprint density at radius 1 is 0.897 bits per heavy atom. The van der Waals surface area contributed by atoms with E-state index in [4.69, 9.17) is 4.98 Å². The Labute approximate surface area is 175 Å². The zero-order valence-electron chi connectivity index (χ0n) is 16.5. The Balaban J connectivity index is 1.61. The molecule has 4 rings (SSSR count). The van der Waals surface area contributed by atoms with Gasteiger partial charge in [-0.1, -0.05) is 77.5 Å². The topological polar surface area (TPSA) is 42.0 Å². The molecule has 0 bridgehead atoms. The average molecular weight is 399 g/mol. The molecule has 0 aliphatic heterocycles. The molecule has 29 heavy (non-hydrogen) atoms. The molecule has 0 unspecified atom stereocenters. The Kier molecular flexibility index (Phi) is 5.63. The number of fused-ring (bicyclic) bond motifs is 1. The molecule has 144 valence electrons. The number of benzene rings is 3. The van der Waals surface area contributed by atoms with Crippen LogP contribution in [0.4, 0.5) is 0 Å². The Morgan fingerprint density at radius 2 is 1.55 bits per heavy atom. The normalized spacial score (nSPS) is 10.8. The number of carbonyl (C=O) groups excluding carboxylic acids is 1. The van der Waals surface area contributed by atoms with Gasteiger partial charge in [0.2, 0.25) is 0 Å². The van der Waals surface area contributed by atoms with Gasteiger partial charge in [0.15, 0.2) is 0 Å². The van der Waals surface area contributed by atoms with Gasteiger partial charge in [-0.3, -0.25) is 4.79 Å². The molecule has 0 fully saturated rings. The van der Waals surface area contributed by atoms with Crippen molar-refractivity contribution in [2.75, 3.05) is 0 Å². The number of rotatable bonds is 5. The van der Waals surface area contributed by atoms with Crippen LogP contribution in [0.3, 0.4) is 0 Å². The molecule has 3 aromatic carbocycles. The van der Waals surface area contributed by atoms with Gasteiger partial charge in [0.05, 0.1) is 11.1 Å². The highest BCUT2D eigenvalue weighted by atomic mass is 32.2. The first-order valence-electron chi connectivity index (χ1n) is 9.56. The second kappa shape index (κ2) is 8.50. The third-order valence-corrected chi connectivity index (χ3v) is 5.68. The fraction of sp³-hybridized carbons (Fsp3) is 0.120. The van der Waals surface area contributed by atoms with Crippen LogP contribution < -0.4 is 5.32 Å². The van der Waals surface area contributed by atoms with E-state index in [1.807, 2.05) is 42.5 Å². The zero-order valence-corrected chi connectivity index (χ0v) is 17.3. The molecule has 0 aliphatic rings. The molecule has 1 N–H and O–H groups in total. The van der Waals surface area contributed by atoms with E-state index in [1.165, 1.54) is 11.1 Å². The standard InChI is InChI=1S/C25H22N2OS/c1-17-7-11-19(12-8-17)16-26-25(28)22-15-24(27-23-6-4-3-5-21(22)23)29-20-13-9-18(2)10-14-20/h3-15H,16H2,1-2H3,(H,26,28). The molecular formula is C25H22N2OS. The van der Waals surface area contributed by atoms with Gasteiger partial charge in [-0.05, 0) is 43.7 Å². The number of aryl methyl sites for hydroxylation is 2. The van der Waals surface area contributed by atoms with Crippen LogP contribution in [0, 0.1) is 13.8 Å². The fourth-order valence-electron chi connectivity index (χ4n) is 3.10. The van der Waals surface area contributed by atoms with E-state index in [0.717, 1.165) is 26.4 Å². The Hall–Kier alpha value is -3.11. The van der Waals surface area contributed by atoms with E-state index >= 15 is 0 Å². The van der Waals surface area contributed by atoms with Gasteiger partial charge in [-0.25, -0.2) is 4.98 Å². The first-order chi connectivity index (χ1) is 14.1. The molecule has 0 saturated heterocycles. The van der Waals surface area contributed by atoms with Crippen molar-refractivity contribution in [2.24, 2.45) is 0 Å². The van der Waals surface area contributed by atoms with Crippen LogP contribution in [0.5, 0.6) is 0 Å². The summed E-state index contributed by atoms with van der Waals surface area (Å²) >= 11 is 1.57. The maximum atomic E-state index is 13.0. The minimum atomic E-state index is -0.0880. The summed E-state index contributed by atoms with van der Waals surface area (Å²) in [5, 5.41) is 4.73. The van der Waals surface area contributed by atoms with Gasteiger partial charge in [0, 0.05) is 16.8 Å². The summed E-state index contributed by atoms with van der Waals surface area (Å²) in [6.45, 7) is 4.62. The first kappa shape index (κ1) is 19.2. The Morgan fingerprint density at radius 3 is 2.28 bits per heavy atom. The molecule has 4 aromatic rings. The quantitative estimate of drug-likeness (QED) is 0.453. The number of para-hydroxylation sites is 1. The summed E-state index contributed by atoms with van der Waals surface area (Å²) in [6.07, 6.45) is 0. The average Bonchev–Trinajstić information content (AvgIpc) is 2.74. The van der Waals surface area contributed by atoms with Crippen LogP contribution in [-0.2, 0) is 6.54 Å². The third kappa shape index (κ3) is 4.66. The highest BCUT2D eigenvalue weighted by Crippen LogP contribution is 2.30. The molecule has 1 aromatic heterocycles. The maximum absolute atomic E-state index is 13.0. The van der Waals surface area contributed by atoms with Gasteiger partial charge in [-0.2, -0.15) is 0 Å². The molecule has 0 radical (unpaired) electrons. The first-order valence-corrected chi connectivity index (χ1v) is 10.4. The number of hydrogen-bond acceptors (Lipinski definition) is 3. The van der Waals surface area contributed by atoms with Crippen molar-refractivity contribution >= 4 is 28.6 Å². The summed E-state index contributed by atoms with van der Waals surface area (Å²) in [7, 11) is 0. The smallest absolute Gasteiger partial charge is 0.252 e. The van der Waals surface area contributed by atoms with Gasteiger partial charge >= 0.3 is 0 Å². The third-order valence-electron chi connectivity index (χ3n) is 4.75. The monoisotopic (exact) mass is 398 g/mol. The molecule has 1 heterocycles. The second-order valence-corrected chi connectivity index (χ2v) is 8.20. The number of aromatic nitrogens is 1. The van der Waals surface area contributed by atoms with Crippen molar-refractivity contribution in [1.29, 1.82) is 0 Å². The van der Waals surface area contributed by atoms with E-state index in [0.29, 0.717) is 12.1 Å². The van der Waals surface area contributed by atoms with Crippen molar-refractivity contribution in [1.82, 2.24) is 10.3 Å². The van der Waals surface area contributed by atoms with Crippen LogP contribution >= 0.6 is 11.8 Å². The van der Waals surface area contributed by atoms with Crippen molar-refractivity contribution in [2.45, 2.75) is 30.3 Å². The van der Waals surface area contributed by atoms with Gasteiger partial charge in [0.1, 0.15) is 5.03 Å². The van der Waals surface area contributed by atoms with E-state index < -0.39 is 0 Å². The lowest BCUT2D eigenvalue weighted by Crippen LogP contribution is -2.23. The molecule has 4 heteroatoms. The SMILES string of the molecule is Cc1ccc(CNC(=O)c2cc(Sc3ccc(C)cc3)nc3ccccc23)cc1. The Bertz CT molecular complexity index is 1150.